The lowest BCUT2D eigenvalue weighted by Gasteiger charge is -2.17. The Balaban J connectivity index is 1.66. The van der Waals surface area contributed by atoms with Crippen LogP contribution in [0.5, 0.6) is 0 Å². The highest BCUT2D eigenvalue weighted by Crippen LogP contribution is 2.33. The first-order valence-electron chi connectivity index (χ1n) is 9.24. The molecule has 0 spiro atoms. The zero-order valence-electron chi connectivity index (χ0n) is 15.9. The van der Waals surface area contributed by atoms with Gasteiger partial charge in [-0.15, -0.1) is 5.10 Å². The summed E-state index contributed by atoms with van der Waals surface area (Å²) >= 11 is 0. The van der Waals surface area contributed by atoms with E-state index in [2.05, 4.69) is 15.6 Å². The number of amides is 2. The SMILES string of the molecule is O=C(Nc1cccc(N2CCCC2=O)c1)c1nnn(-c2cccc(F)c2)c1C(F)(F)F. The fraction of sp³-hybridized carbons (Fsp3) is 0.200. The molecule has 0 radical (unpaired) electrons. The number of carbonyl (C=O) groups is 2. The molecule has 2 aromatic carbocycles. The van der Waals surface area contributed by atoms with Crippen molar-refractivity contribution in [2.75, 3.05) is 16.8 Å². The summed E-state index contributed by atoms with van der Waals surface area (Å²) in [7, 11) is 0. The van der Waals surface area contributed by atoms with Crippen molar-refractivity contribution in [3.63, 3.8) is 0 Å². The van der Waals surface area contributed by atoms with Gasteiger partial charge < -0.3 is 10.2 Å². The van der Waals surface area contributed by atoms with Crippen molar-refractivity contribution in [2.24, 2.45) is 0 Å². The van der Waals surface area contributed by atoms with Gasteiger partial charge in [0.25, 0.3) is 5.91 Å². The average molecular weight is 433 g/mol. The van der Waals surface area contributed by atoms with Crippen LogP contribution in [0.2, 0.25) is 0 Å². The molecule has 0 unspecified atom stereocenters. The van der Waals surface area contributed by atoms with Gasteiger partial charge in [0.1, 0.15) is 5.82 Å². The fourth-order valence-electron chi connectivity index (χ4n) is 3.34. The van der Waals surface area contributed by atoms with Gasteiger partial charge in [0.15, 0.2) is 11.4 Å². The van der Waals surface area contributed by atoms with E-state index in [9.17, 15) is 27.2 Å². The van der Waals surface area contributed by atoms with E-state index in [4.69, 9.17) is 0 Å². The Morgan fingerprint density at radius 1 is 1.06 bits per heavy atom. The third kappa shape index (κ3) is 4.11. The van der Waals surface area contributed by atoms with E-state index in [-0.39, 0.29) is 17.3 Å². The Bertz CT molecular complexity index is 1160. The summed E-state index contributed by atoms with van der Waals surface area (Å²) < 4.78 is 55.0. The third-order valence-electron chi connectivity index (χ3n) is 4.70. The number of benzene rings is 2. The molecule has 0 atom stereocenters. The first-order valence-corrected chi connectivity index (χ1v) is 9.24. The summed E-state index contributed by atoms with van der Waals surface area (Å²) in [5.74, 6) is -1.97. The average Bonchev–Trinajstić information content (AvgIpc) is 3.34. The molecule has 0 bridgehead atoms. The molecule has 1 aromatic heterocycles. The largest absolute Gasteiger partial charge is 0.435 e. The molecule has 1 saturated heterocycles. The molecular formula is C20H15F4N5O2. The number of alkyl halides is 3. The summed E-state index contributed by atoms with van der Waals surface area (Å²) in [5.41, 5.74) is -1.90. The van der Waals surface area contributed by atoms with Crippen molar-refractivity contribution in [1.29, 1.82) is 0 Å². The van der Waals surface area contributed by atoms with E-state index in [1.807, 2.05) is 0 Å². The van der Waals surface area contributed by atoms with Gasteiger partial charge in [-0.3, -0.25) is 9.59 Å². The van der Waals surface area contributed by atoms with Crippen LogP contribution < -0.4 is 10.2 Å². The maximum absolute atomic E-state index is 13.7. The molecule has 0 saturated carbocycles. The van der Waals surface area contributed by atoms with Crippen LogP contribution in [0.25, 0.3) is 5.69 Å². The molecular weight excluding hydrogens is 418 g/mol. The Hall–Kier alpha value is -3.76. The molecule has 1 fully saturated rings. The second-order valence-corrected chi connectivity index (χ2v) is 6.83. The van der Waals surface area contributed by atoms with Crippen molar-refractivity contribution in [1.82, 2.24) is 15.0 Å². The van der Waals surface area contributed by atoms with Crippen LogP contribution in [0, 0.1) is 5.82 Å². The molecule has 7 nitrogen and oxygen atoms in total. The van der Waals surface area contributed by atoms with Gasteiger partial charge in [-0.05, 0) is 42.8 Å². The van der Waals surface area contributed by atoms with E-state index in [0.717, 1.165) is 12.1 Å². The molecule has 0 aliphatic carbocycles. The number of aromatic nitrogens is 3. The normalized spacial score (nSPS) is 14.2. The maximum atomic E-state index is 13.7. The van der Waals surface area contributed by atoms with Crippen molar-refractivity contribution in [3.05, 3.63) is 65.7 Å². The third-order valence-corrected chi connectivity index (χ3v) is 4.70. The number of nitrogens with zero attached hydrogens (tertiary/aromatic N) is 4. The van der Waals surface area contributed by atoms with Crippen LogP contribution in [0.15, 0.2) is 48.5 Å². The molecule has 3 aromatic rings. The Morgan fingerprint density at radius 2 is 1.81 bits per heavy atom. The molecule has 11 heteroatoms. The van der Waals surface area contributed by atoms with Crippen molar-refractivity contribution >= 4 is 23.2 Å². The van der Waals surface area contributed by atoms with Crippen LogP contribution in [-0.4, -0.2) is 33.4 Å². The number of anilines is 2. The maximum Gasteiger partial charge on any atom is 0.435 e. The van der Waals surface area contributed by atoms with Crippen molar-refractivity contribution in [2.45, 2.75) is 19.0 Å². The molecule has 2 amide bonds. The Kier molecular flexibility index (Phi) is 5.17. The number of hydrogen-bond donors (Lipinski definition) is 1. The standard InChI is InChI=1S/C20H15F4N5O2/c21-12-4-1-7-15(10-12)29-18(20(22,23)24)17(26-27-29)19(31)25-13-5-2-6-14(11-13)28-9-3-8-16(28)30/h1-2,4-7,10-11H,3,8-9H2,(H,25,31). The summed E-state index contributed by atoms with van der Waals surface area (Å²) in [6, 6.07) is 10.6. The smallest absolute Gasteiger partial charge is 0.320 e. The summed E-state index contributed by atoms with van der Waals surface area (Å²) in [6.07, 6.45) is -3.87. The fourth-order valence-corrected chi connectivity index (χ4v) is 3.34. The van der Waals surface area contributed by atoms with Crippen LogP contribution in [0.3, 0.4) is 0 Å². The number of nitrogens with one attached hydrogen (secondary N) is 1. The molecule has 160 valence electrons. The number of rotatable bonds is 4. The molecule has 2 heterocycles. The zero-order valence-corrected chi connectivity index (χ0v) is 15.9. The first-order chi connectivity index (χ1) is 14.7. The molecule has 1 N–H and O–H groups in total. The van der Waals surface area contributed by atoms with Gasteiger partial charge in [-0.2, -0.15) is 13.2 Å². The minimum absolute atomic E-state index is 0.0686. The lowest BCUT2D eigenvalue weighted by atomic mass is 10.2. The van der Waals surface area contributed by atoms with Crippen LogP contribution in [0.1, 0.15) is 29.0 Å². The predicted molar refractivity (Wildman–Crippen MR) is 102 cm³/mol. The van der Waals surface area contributed by atoms with Crippen LogP contribution >= 0.6 is 0 Å². The summed E-state index contributed by atoms with van der Waals surface area (Å²) in [4.78, 5) is 26.1. The van der Waals surface area contributed by atoms with Crippen molar-refractivity contribution < 1.29 is 27.2 Å². The number of hydrogen-bond acceptors (Lipinski definition) is 4. The van der Waals surface area contributed by atoms with Gasteiger partial charge in [0, 0.05) is 24.3 Å². The van der Waals surface area contributed by atoms with Crippen molar-refractivity contribution in [3.8, 4) is 5.69 Å². The van der Waals surface area contributed by atoms with Gasteiger partial charge in [0.2, 0.25) is 5.91 Å². The van der Waals surface area contributed by atoms with Crippen LogP contribution in [-0.2, 0) is 11.0 Å². The van der Waals surface area contributed by atoms with Gasteiger partial charge in [-0.25, -0.2) is 9.07 Å². The summed E-state index contributed by atoms with van der Waals surface area (Å²) in [6.45, 7) is 0.524. The molecule has 31 heavy (non-hydrogen) atoms. The molecule has 1 aliphatic heterocycles. The zero-order chi connectivity index (χ0) is 22.2. The second kappa shape index (κ2) is 7.82. The lowest BCUT2D eigenvalue weighted by molar-refractivity contribution is -0.143. The second-order valence-electron chi connectivity index (χ2n) is 6.83. The van der Waals surface area contributed by atoms with E-state index in [0.29, 0.717) is 29.8 Å². The van der Waals surface area contributed by atoms with Gasteiger partial charge in [-0.1, -0.05) is 17.3 Å². The Morgan fingerprint density at radius 3 is 2.48 bits per heavy atom. The highest BCUT2D eigenvalue weighted by Gasteiger charge is 2.42. The quantitative estimate of drug-likeness (QED) is 0.635. The first kappa shape index (κ1) is 20.5. The van der Waals surface area contributed by atoms with E-state index >= 15 is 0 Å². The van der Waals surface area contributed by atoms with E-state index in [1.165, 1.54) is 29.2 Å². The topological polar surface area (TPSA) is 80.1 Å². The Labute approximate surface area is 173 Å². The minimum atomic E-state index is -4.98. The molecule has 1 aliphatic rings. The lowest BCUT2D eigenvalue weighted by Crippen LogP contribution is -2.24. The number of halogens is 4. The predicted octanol–water partition coefficient (Wildman–Crippen LogP) is 3.80. The minimum Gasteiger partial charge on any atom is -0.320 e. The summed E-state index contributed by atoms with van der Waals surface area (Å²) in [5, 5.41) is 9.16. The highest BCUT2D eigenvalue weighted by molar-refractivity contribution is 6.04. The van der Waals surface area contributed by atoms with E-state index in [1.54, 1.807) is 12.1 Å². The van der Waals surface area contributed by atoms with Crippen LogP contribution in [0.4, 0.5) is 28.9 Å². The molecule has 4 rings (SSSR count). The highest BCUT2D eigenvalue weighted by atomic mass is 19.4. The van der Waals surface area contributed by atoms with E-state index < -0.39 is 29.3 Å². The van der Waals surface area contributed by atoms with Gasteiger partial charge >= 0.3 is 6.18 Å². The number of carbonyl (C=O) groups excluding carboxylic acids is 2. The monoisotopic (exact) mass is 433 g/mol. The van der Waals surface area contributed by atoms with Gasteiger partial charge in [0.05, 0.1) is 5.69 Å².